The standard InChI is InChI=1S/C14H16N2O/c1-9-7-10(2)11(3)13(8-9)17-14-12(15)5-4-6-16-14/h4-8H,15H2,1-3H3. The molecule has 0 radical (unpaired) electrons. The lowest BCUT2D eigenvalue weighted by atomic mass is 10.1. The van der Waals surface area contributed by atoms with Crippen molar-refractivity contribution in [3.8, 4) is 11.6 Å². The van der Waals surface area contributed by atoms with Crippen molar-refractivity contribution in [1.29, 1.82) is 0 Å². The summed E-state index contributed by atoms with van der Waals surface area (Å²) < 4.78 is 5.77. The Morgan fingerprint density at radius 1 is 1.18 bits per heavy atom. The third kappa shape index (κ3) is 2.38. The monoisotopic (exact) mass is 228 g/mol. The lowest BCUT2D eigenvalue weighted by Gasteiger charge is -2.12. The van der Waals surface area contributed by atoms with Crippen LogP contribution in [0.4, 0.5) is 5.69 Å². The minimum Gasteiger partial charge on any atom is -0.437 e. The molecule has 0 unspecified atom stereocenters. The van der Waals surface area contributed by atoms with E-state index in [1.807, 2.05) is 19.9 Å². The summed E-state index contributed by atoms with van der Waals surface area (Å²) in [5.41, 5.74) is 9.83. The molecule has 88 valence electrons. The van der Waals surface area contributed by atoms with Gasteiger partial charge in [0.2, 0.25) is 5.88 Å². The molecule has 0 saturated heterocycles. The van der Waals surface area contributed by atoms with E-state index in [0.29, 0.717) is 11.6 Å². The maximum absolute atomic E-state index is 5.81. The molecule has 0 aliphatic rings. The Kier molecular flexibility index (Phi) is 3.00. The maximum Gasteiger partial charge on any atom is 0.242 e. The van der Waals surface area contributed by atoms with Crippen molar-refractivity contribution < 1.29 is 4.74 Å². The molecule has 3 nitrogen and oxygen atoms in total. The maximum atomic E-state index is 5.81. The molecule has 0 aliphatic carbocycles. The van der Waals surface area contributed by atoms with Crippen molar-refractivity contribution in [1.82, 2.24) is 4.98 Å². The first kappa shape index (κ1) is 11.5. The van der Waals surface area contributed by atoms with Crippen LogP contribution < -0.4 is 10.5 Å². The van der Waals surface area contributed by atoms with Crippen LogP contribution in [0.15, 0.2) is 30.5 Å². The number of nitrogen functional groups attached to an aromatic ring is 1. The van der Waals surface area contributed by atoms with Gasteiger partial charge in [-0.25, -0.2) is 4.98 Å². The van der Waals surface area contributed by atoms with Gasteiger partial charge in [0.25, 0.3) is 0 Å². The van der Waals surface area contributed by atoms with Gasteiger partial charge in [0, 0.05) is 6.20 Å². The molecule has 2 aromatic rings. The van der Waals surface area contributed by atoms with E-state index in [2.05, 4.69) is 18.0 Å². The number of ether oxygens (including phenoxy) is 1. The summed E-state index contributed by atoms with van der Waals surface area (Å²) in [5.74, 6) is 1.27. The van der Waals surface area contributed by atoms with Gasteiger partial charge in [-0.1, -0.05) is 6.07 Å². The van der Waals surface area contributed by atoms with Gasteiger partial charge in [-0.2, -0.15) is 0 Å². The van der Waals surface area contributed by atoms with E-state index in [0.717, 1.165) is 16.9 Å². The SMILES string of the molecule is Cc1cc(C)c(C)c(Oc2ncccc2N)c1. The van der Waals surface area contributed by atoms with Crippen LogP contribution >= 0.6 is 0 Å². The molecule has 0 amide bonds. The fourth-order valence-electron chi connectivity index (χ4n) is 1.70. The summed E-state index contributed by atoms with van der Waals surface area (Å²) >= 11 is 0. The average Bonchev–Trinajstić information content (AvgIpc) is 2.28. The average molecular weight is 228 g/mol. The second kappa shape index (κ2) is 4.45. The van der Waals surface area contributed by atoms with Crippen molar-refractivity contribution in [2.24, 2.45) is 0 Å². The van der Waals surface area contributed by atoms with E-state index in [1.54, 1.807) is 18.3 Å². The van der Waals surface area contributed by atoms with Gasteiger partial charge in [-0.05, 0) is 55.7 Å². The summed E-state index contributed by atoms with van der Waals surface area (Å²) in [6, 6.07) is 7.69. The largest absolute Gasteiger partial charge is 0.437 e. The molecule has 2 N–H and O–H groups in total. The van der Waals surface area contributed by atoms with Crippen LogP contribution in [0.1, 0.15) is 16.7 Å². The van der Waals surface area contributed by atoms with Crippen molar-refractivity contribution in [2.75, 3.05) is 5.73 Å². The third-order valence-electron chi connectivity index (χ3n) is 2.77. The Labute approximate surface area is 101 Å². The van der Waals surface area contributed by atoms with E-state index in [-0.39, 0.29) is 0 Å². The quantitative estimate of drug-likeness (QED) is 0.857. The van der Waals surface area contributed by atoms with E-state index in [4.69, 9.17) is 10.5 Å². The minimum atomic E-state index is 0.459. The first-order valence-corrected chi connectivity index (χ1v) is 5.54. The first-order valence-electron chi connectivity index (χ1n) is 5.54. The molecule has 17 heavy (non-hydrogen) atoms. The zero-order valence-corrected chi connectivity index (χ0v) is 10.3. The van der Waals surface area contributed by atoms with E-state index < -0.39 is 0 Å². The molecule has 2 rings (SSSR count). The Balaban J connectivity index is 2.40. The van der Waals surface area contributed by atoms with E-state index >= 15 is 0 Å². The van der Waals surface area contributed by atoms with E-state index in [9.17, 15) is 0 Å². The summed E-state index contributed by atoms with van der Waals surface area (Å²) in [4.78, 5) is 4.13. The van der Waals surface area contributed by atoms with Gasteiger partial charge in [-0.15, -0.1) is 0 Å². The first-order chi connectivity index (χ1) is 8.08. The summed E-state index contributed by atoms with van der Waals surface area (Å²) in [5, 5.41) is 0. The number of anilines is 1. The highest BCUT2D eigenvalue weighted by Gasteiger charge is 2.07. The number of nitrogens with zero attached hydrogens (tertiary/aromatic N) is 1. The Hall–Kier alpha value is -2.03. The number of aromatic nitrogens is 1. The highest BCUT2D eigenvalue weighted by atomic mass is 16.5. The predicted octanol–water partition coefficient (Wildman–Crippen LogP) is 3.38. The lowest BCUT2D eigenvalue weighted by Crippen LogP contribution is -1.97. The second-order valence-corrected chi connectivity index (χ2v) is 4.20. The fourth-order valence-corrected chi connectivity index (χ4v) is 1.70. The molecule has 3 heteroatoms. The summed E-state index contributed by atoms with van der Waals surface area (Å²) in [6.07, 6.45) is 1.67. The third-order valence-corrected chi connectivity index (χ3v) is 2.77. The van der Waals surface area contributed by atoms with Gasteiger partial charge in [0.05, 0.1) is 5.69 Å². The highest BCUT2D eigenvalue weighted by Crippen LogP contribution is 2.29. The molecule has 1 aromatic carbocycles. The number of benzene rings is 1. The number of aryl methyl sites for hydroxylation is 2. The summed E-state index contributed by atoms with van der Waals surface area (Å²) in [7, 11) is 0. The molecule has 0 fully saturated rings. The molecular weight excluding hydrogens is 212 g/mol. The molecule has 0 atom stereocenters. The van der Waals surface area contributed by atoms with Crippen molar-refractivity contribution in [2.45, 2.75) is 20.8 Å². The number of hydrogen-bond donors (Lipinski definition) is 1. The lowest BCUT2D eigenvalue weighted by molar-refractivity contribution is 0.461. The Bertz CT molecular complexity index is 550. The zero-order valence-electron chi connectivity index (χ0n) is 10.3. The molecular formula is C14H16N2O. The highest BCUT2D eigenvalue weighted by molar-refractivity contribution is 5.51. The van der Waals surface area contributed by atoms with Gasteiger partial charge in [0.1, 0.15) is 5.75 Å². The Morgan fingerprint density at radius 2 is 1.94 bits per heavy atom. The topological polar surface area (TPSA) is 48.1 Å². The van der Waals surface area contributed by atoms with Gasteiger partial charge < -0.3 is 10.5 Å². The van der Waals surface area contributed by atoms with Crippen LogP contribution in [-0.4, -0.2) is 4.98 Å². The van der Waals surface area contributed by atoms with Crippen LogP contribution in [0.5, 0.6) is 11.6 Å². The van der Waals surface area contributed by atoms with Gasteiger partial charge >= 0.3 is 0 Å². The van der Waals surface area contributed by atoms with Crippen LogP contribution in [-0.2, 0) is 0 Å². The van der Waals surface area contributed by atoms with Crippen LogP contribution in [0, 0.1) is 20.8 Å². The van der Waals surface area contributed by atoms with Gasteiger partial charge in [0.15, 0.2) is 0 Å². The van der Waals surface area contributed by atoms with Crippen molar-refractivity contribution >= 4 is 5.69 Å². The van der Waals surface area contributed by atoms with Crippen LogP contribution in [0.25, 0.3) is 0 Å². The molecule has 1 aromatic heterocycles. The fraction of sp³-hybridized carbons (Fsp3) is 0.214. The number of rotatable bonds is 2. The molecule has 0 saturated carbocycles. The smallest absolute Gasteiger partial charge is 0.242 e. The molecule has 1 heterocycles. The number of hydrogen-bond acceptors (Lipinski definition) is 3. The minimum absolute atomic E-state index is 0.459. The molecule has 0 spiro atoms. The number of nitrogens with two attached hydrogens (primary N) is 1. The molecule has 0 aliphatic heterocycles. The molecule has 0 bridgehead atoms. The van der Waals surface area contributed by atoms with Gasteiger partial charge in [-0.3, -0.25) is 0 Å². The Morgan fingerprint density at radius 3 is 2.65 bits per heavy atom. The van der Waals surface area contributed by atoms with Crippen LogP contribution in [0.3, 0.4) is 0 Å². The van der Waals surface area contributed by atoms with Crippen molar-refractivity contribution in [3.05, 3.63) is 47.2 Å². The van der Waals surface area contributed by atoms with Crippen molar-refractivity contribution in [3.63, 3.8) is 0 Å². The zero-order chi connectivity index (χ0) is 12.4. The predicted molar refractivity (Wildman–Crippen MR) is 69.4 cm³/mol. The second-order valence-electron chi connectivity index (χ2n) is 4.20. The normalized spacial score (nSPS) is 10.3. The van der Waals surface area contributed by atoms with E-state index in [1.165, 1.54) is 5.56 Å². The summed E-state index contributed by atoms with van der Waals surface area (Å²) in [6.45, 7) is 6.14. The van der Waals surface area contributed by atoms with Crippen LogP contribution in [0.2, 0.25) is 0 Å². The number of pyridine rings is 1.